The number of amides is 1. The predicted octanol–water partition coefficient (Wildman–Crippen LogP) is 0.904. The second kappa shape index (κ2) is 5.85. The molecule has 1 amide bonds. The second-order valence-corrected chi connectivity index (χ2v) is 6.44. The summed E-state index contributed by atoms with van der Waals surface area (Å²) in [6.07, 6.45) is 2.78. The molecule has 0 spiro atoms. The molecule has 7 nitrogen and oxygen atoms in total. The molecular formula is C14H24N6O. The summed E-state index contributed by atoms with van der Waals surface area (Å²) in [5.74, 6) is 7.12. The van der Waals surface area contributed by atoms with Gasteiger partial charge in [-0.1, -0.05) is 20.8 Å². The lowest BCUT2D eigenvalue weighted by Crippen LogP contribution is -2.48. The van der Waals surface area contributed by atoms with Crippen LogP contribution in [0, 0.1) is 0 Å². The summed E-state index contributed by atoms with van der Waals surface area (Å²) in [6.45, 7) is 6.87. The number of nitrogens with zero attached hydrogens (tertiary/aromatic N) is 3. The van der Waals surface area contributed by atoms with E-state index >= 15 is 0 Å². The van der Waals surface area contributed by atoms with Crippen LogP contribution in [0.2, 0.25) is 0 Å². The number of piperidine rings is 1. The molecule has 1 aliphatic heterocycles. The van der Waals surface area contributed by atoms with Crippen LogP contribution in [0.1, 0.15) is 45.9 Å². The van der Waals surface area contributed by atoms with Gasteiger partial charge in [-0.05, 0) is 19.3 Å². The molecule has 2 rings (SSSR count). The summed E-state index contributed by atoms with van der Waals surface area (Å²) in [4.78, 5) is 22.7. The summed E-state index contributed by atoms with van der Waals surface area (Å²) in [7, 11) is 0. The Balaban J connectivity index is 2.43. The van der Waals surface area contributed by atoms with Crippen LogP contribution in [0.4, 0.5) is 11.6 Å². The highest BCUT2D eigenvalue weighted by Gasteiger charge is 2.29. The van der Waals surface area contributed by atoms with Gasteiger partial charge in [0.25, 0.3) is 0 Å². The van der Waals surface area contributed by atoms with Gasteiger partial charge in [-0.25, -0.2) is 15.8 Å². The van der Waals surface area contributed by atoms with Crippen LogP contribution < -0.4 is 21.9 Å². The van der Waals surface area contributed by atoms with Gasteiger partial charge in [-0.2, -0.15) is 0 Å². The van der Waals surface area contributed by atoms with Crippen LogP contribution in [0.3, 0.4) is 0 Å². The topological polar surface area (TPSA) is 110 Å². The van der Waals surface area contributed by atoms with Crippen molar-refractivity contribution in [3.63, 3.8) is 0 Å². The number of nitrogens with two attached hydrogens (primary N) is 2. The number of rotatable bonds is 3. The Bertz CT molecular complexity index is 525. The third-order valence-electron chi connectivity index (χ3n) is 3.66. The standard InChI is InChI=1S/C14H24N6O/c1-14(2,3)13-17-10(19-16)8-11(18-13)20-7-5-4-6-9(20)12(15)21/h8-9H,4-7,16H2,1-3H3,(H2,15,21)(H,17,18,19). The molecule has 1 aromatic heterocycles. The van der Waals surface area contributed by atoms with Crippen LogP contribution in [0.25, 0.3) is 0 Å². The molecule has 0 radical (unpaired) electrons. The van der Waals surface area contributed by atoms with Crippen molar-refractivity contribution in [1.29, 1.82) is 0 Å². The summed E-state index contributed by atoms with van der Waals surface area (Å²) < 4.78 is 0. The number of nitrogens with one attached hydrogen (secondary N) is 1. The summed E-state index contributed by atoms with van der Waals surface area (Å²) in [5.41, 5.74) is 7.89. The lowest BCUT2D eigenvalue weighted by molar-refractivity contribution is -0.119. The highest BCUT2D eigenvalue weighted by atomic mass is 16.1. The first-order valence-corrected chi connectivity index (χ1v) is 7.25. The van der Waals surface area contributed by atoms with Gasteiger partial charge in [-0.3, -0.25) is 4.79 Å². The summed E-state index contributed by atoms with van der Waals surface area (Å²) in [5, 5.41) is 0. The number of anilines is 2. The number of primary amides is 1. The zero-order valence-electron chi connectivity index (χ0n) is 12.9. The second-order valence-electron chi connectivity index (χ2n) is 6.44. The van der Waals surface area contributed by atoms with E-state index in [0.29, 0.717) is 17.5 Å². The Morgan fingerprint density at radius 2 is 2.10 bits per heavy atom. The first-order chi connectivity index (χ1) is 9.82. The lowest BCUT2D eigenvalue weighted by atomic mass is 9.95. The molecule has 0 aromatic carbocycles. The van der Waals surface area contributed by atoms with Crippen LogP contribution in [0.5, 0.6) is 0 Å². The fourth-order valence-electron chi connectivity index (χ4n) is 2.49. The van der Waals surface area contributed by atoms with Gasteiger partial charge in [0.15, 0.2) is 0 Å². The molecule has 7 heteroatoms. The smallest absolute Gasteiger partial charge is 0.240 e. The lowest BCUT2D eigenvalue weighted by Gasteiger charge is -2.35. The number of hydrogen-bond donors (Lipinski definition) is 3. The maximum absolute atomic E-state index is 11.7. The minimum absolute atomic E-state index is 0.209. The number of carbonyl (C=O) groups excluding carboxylic acids is 1. The van der Waals surface area contributed by atoms with Crippen molar-refractivity contribution < 1.29 is 4.79 Å². The van der Waals surface area contributed by atoms with Gasteiger partial charge < -0.3 is 16.1 Å². The average Bonchev–Trinajstić information content (AvgIpc) is 2.45. The molecule has 1 saturated heterocycles. The van der Waals surface area contributed by atoms with Crippen LogP contribution in [-0.2, 0) is 10.2 Å². The number of aromatic nitrogens is 2. The SMILES string of the molecule is CC(C)(C)c1nc(NN)cc(N2CCCCC2C(N)=O)n1. The van der Waals surface area contributed by atoms with Crippen molar-refractivity contribution in [2.24, 2.45) is 11.6 Å². The quantitative estimate of drug-likeness (QED) is 0.564. The number of nitrogen functional groups attached to an aromatic ring is 1. The Kier molecular flexibility index (Phi) is 4.32. The molecule has 21 heavy (non-hydrogen) atoms. The molecule has 1 aliphatic rings. The van der Waals surface area contributed by atoms with Gasteiger partial charge in [0.1, 0.15) is 23.5 Å². The molecule has 0 bridgehead atoms. The van der Waals surface area contributed by atoms with Crippen molar-refractivity contribution in [2.75, 3.05) is 16.9 Å². The summed E-state index contributed by atoms with van der Waals surface area (Å²) in [6, 6.07) is 1.45. The van der Waals surface area contributed by atoms with Gasteiger partial charge >= 0.3 is 0 Å². The third-order valence-corrected chi connectivity index (χ3v) is 3.66. The van der Waals surface area contributed by atoms with E-state index in [-0.39, 0.29) is 17.4 Å². The van der Waals surface area contributed by atoms with Gasteiger partial charge in [0.05, 0.1) is 0 Å². The average molecular weight is 292 g/mol. The predicted molar refractivity (Wildman–Crippen MR) is 82.7 cm³/mol. The molecule has 1 atom stereocenters. The van der Waals surface area contributed by atoms with Crippen molar-refractivity contribution >= 4 is 17.5 Å². The molecule has 1 fully saturated rings. The van der Waals surface area contributed by atoms with Crippen molar-refractivity contribution in [1.82, 2.24) is 9.97 Å². The number of carbonyl (C=O) groups is 1. The van der Waals surface area contributed by atoms with E-state index in [0.717, 1.165) is 25.8 Å². The van der Waals surface area contributed by atoms with Gasteiger partial charge in [-0.15, -0.1) is 0 Å². The monoisotopic (exact) mass is 292 g/mol. The van der Waals surface area contributed by atoms with Gasteiger partial charge in [0, 0.05) is 18.0 Å². The third kappa shape index (κ3) is 3.41. The minimum Gasteiger partial charge on any atom is -0.368 e. The van der Waals surface area contributed by atoms with E-state index in [9.17, 15) is 4.79 Å². The molecule has 116 valence electrons. The van der Waals surface area contributed by atoms with Crippen molar-refractivity contribution in [3.05, 3.63) is 11.9 Å². The van der Waals surface area contributed by atoms with Crippen molar-refractivity contribution in [2.45, 2.75) is 51.5 Å². The Morgan fingerprint density at radius 3 is 2.67 bits per heavy atom. The molecule has 2 heterocycles. The zero-order valence-corrected chi connectivity index (χ0v) is 12.9. The highest BCUT2D eigenvalue weighted by molar-refractivity contribution is 5.83. The van der Waals surface area contributed by atoms with E-state index in [1.54, 1.807) is 6.07 Å². The molecular weight excluding hydrogens is 268 g/mol. The number of hydrazine groups is 1. The fraction of sp³-hybridized carbons (Fsp3) is 0.643. The molecule has 0 saturated carbocycles. The normalized spacial score (nSPS) is 19.4. The van der Waals surface area contributed by atoms with E-state index in [1.807, 2.05) is 25.7 Å². The zero-order chi connectivity index (χ0) is 15.6. The highest BCUT2D eigenvalue weighted by Crippen LogP contribution is 2.28. The van der Waals surface area contributed by atoms with Crippen LogP contribution in [-0.4, -0.2) is 28.5 Å². The summed E-state index contributed by atoms with van der Waals surface area (Å²) >= 11 is 0. The van der Waals surface area contributed by atoms with E-state index in [2.05, 4.69) is 15.4 Å². The van der Waals surface area contributed by atoms with E-state index in [4.69, 9.17) is 11.6 Å². The van der Waals surface area contributed by atoms with E-state index in [1.165, 1.54) is 0 Å². The van der Waals surface area contributed by atoms with Crippen molar-refractivity contribution in [3.8, 4) is 0 Å². The fourth-order valence-corrected chi connectivity index (χ4v) is 2.49. The maximum atomic E-state index is 11.7. The van der Waals surface area contributed by atoms with Gasteiger partial charge in [0.2, 0.25) is 5.91 Å². The first-order valence-electron chi connectivity index (χ1n) is 7.25. The Hall–Kier alpha value is -1.89. The number of hydrogen-bond acceptors (Lipinski definition) is 6. The minimum atomic E-state index is -0.313. The molecule has 1 unspecified atom stereocenters. The Labute approximate surface area is 125 Å². The van der Waals surface area contributed by atoms with Crippen LogP contribution >= 0.6 is 0 Å². The molecule has 0 aliphatic carbocycles. The first kappa shape index (κ1) is 15.5. The molecule has 5 N–H and O–H groups in total. The largest absolute Gasteiger partial charge is 0.368 e. The molecule has 1 aromatic rings. The van der Waals surface area contributed by atoms with Crippen LogP contribution in [0.15, 0.2) is 6.07 Å². The maximum Gasteiger partial charge on any atom is 0.240 e. The van der Waals surface area contributed by atoms with E-state index < -0.39 is 0 Å². The Morgan fingerprint density at radius 1 is 1.38 bits per heavy atom.